The van der Waals surface area contributed by atoms with Gasteiger partial charge in [0.25, 0.3) is 5.91 Å². The predicted octanol–water partition coefficient (Wildman–Crippen LogP) is 2.86. The molecule has 26 heavy (non-hydrogen) atoms. The van der Waals surface area contributed by atoms with Crippen molar-refractivity contribution in [1.29, 1.82) is 0 Å². The van der Waals surface area contributed by atoms with Crippen LogP contribution < -0.4 is 14.8 Å². The molecule has 0 unspecified atom stereocenters. The summed E-state index contributed by atoms with van der Waals surface area (Å²) in [5, 5.41) is 11.9. The van der Waals surface area contributed by atoms with Gasteiger partial charge < -0.3 is 19.9 Å². The summed E-state index contributed by atoms with van der Waals surface area (Å²) >= 11 is 0. The lowest BCUT2D eigenvalue weighted by Gasteiger charge is -2.28. The van der Waals surface area contributed by atoms with Gasteiger partial charge in [0.2, 0.25) is 0 Å². The van der Waals surface area contributed by atoms with Gasteiger partial charge in [-0.25, -0.2) is 4.79 Å². The second kappa shape index (κ2) is 7.07. The molecule has 1 heterocycles. The van der Waals surface area contributed by atoms with E-state index >= 15 is 0 Å². The second-order valence-electron chi connectivity index (χ2n) is 6.81. The minimum absolute atomic E-state index is 0.0868. The smallest absolute Gasteiger partial charge is 0.335 e. The minimum atomic E-state index is -1.06. The number of fused-ring (bicyclic) bond motifs is 1. The molecule has 0 aromatic heterocycles. The van der Waals surface area contributed by atoms with Gasteiger partial charge in [-0.15, -0.1) is 0 Å². The summed E-state index contributed by atoms with van der Waals surface area (Å²) in [5.41, 5.74) is 1.09. The fraction of sp³-hybridized carbons (Fsp3) is 0.300. The number of carbonyl (C=O) groups is 2. The number of carboxylic acids is 1. The Morgan fingerprint density at radius 1 is 1.04 bits per heavy atom. The van der Waals surface area contributed by atoms with E-state index in [1.54, 1.807) is 12.1 Å². The van der Waals surface area contributed by atoms with E-state index in [9.17, 15) is 9.59 Å². The average Bonchev–Trinajstić information content (AvgIpc) is 2.65. The monoisotopic (exact) mass is 355 g/mol. The molecule has 0 bridgehead atoms. The number of rotatable bonds is 5. The van der Waals surface area contributed by atoms with Crippen LogP contribution in [0.3, 0.4) is 0 Å². The molecule has 1 aliphatic rings. The standard InChI is InChI=1S/C20H21NO5/c1-20(2,15-6-7-16-17(11-15)26-9-8-25-16)12-21-18(22)13-4-3-5-14(10-13)19(23)24/h3-7,10-11H,8-9,12H2,1-2H3,(H,21,22)(H,23,24). The van der Waals surface area contributed by atoms with Gasteiger partial charge in [0.1, 0.15) is 13.2 Å². The van der Waals surface area contributed by atoms with Crippen molar-refractivity contribution in [3.05, 3.63) is 59.2 Å². The minimum Gasteiger partial charge on any atom is -0.486 e. The lowest BCUT2D eigenvalue weighted by molar-refractivity contribution is 0.0697. The number of hydrogen-bond donors (Lipinski definition) is 2. The predicted molar refractivity (Wildman–Crippen MR) is 96.2 cm³/mol. The molecule has 3 rings (SSSR count). The van der Waals surface area contributed by atoms with Crippen LogP contribution in [0, 0.1) is 0 Å². The Hall–Kier alpha value is -3.02. The van der Waals surface area contributed by atoms with Crippen LogP contribution in [0.4, 0.5) is 0 Å². The summed E-state index contributed by atoms with van der Waals surface area (Å²) in [6.07, 6.45) is 0. The first-order chi connectivity index (χ1) is 12.4. The van der Waals surface area contributed by atoms with Crippen molar-refractivity contribution in [1.82, 2.24) is 5.32 Å². The van der Waals surface area contributed by atoms with E-state index in [2.05, 4.69) is 5.32 Å². The fourth-order valence-electron chi connectivity index (χ4n) is 2.76. The lowest BCUT2D eigenvalue weighted by Crippen LogP contribution is -2.36. The Bertz CT molecular complexity index is 844. The highest BCUT2D eigenvalue weighted by molar-refractivity contribution is 5.97. The second-order valence-corrected chi connectivity index (χ2v) is 6.81. The number of hydrogen-bond acceptors (Lipinski definition) is 4. The first-order valence-electron chi connectivity index (χ1n) is 8.38. The van der Waals surface area contributed by atoms with E-state index in [0.717, 1.165) is 11.3 Å². The number of aromatic carboxylic acids is 1. The summed E-state index contributed by atoms with van der Waals surface area (Å²) in [6.45, 7) is 5.50. The molecule has 0 aliphatic carbocycles. The van der Waals surface area contributed by atoms with Gasteiger partial charge in [0, 0.05) is 17.5 Å². The molecule has 0 spiro atoms. The van der Waals surface area contributed by atoms with Crippen LogP contribution in [0.15, 0.2) is 42.5 Å². The van der Waals surface area contributed by atoms with Gasteiger partial charge in [0.05, 0.1) is 5.56 Å². The highest BCUT2D eigenvalue weighted by Gasteiger charge is 2.24. The normalized spacial score (nSPS) is 13.2. The molecule has 0 saturated heterocycles. The Balaban J connectivity index is 1.70. The number of carbonyl (C=O) groups excluding carboxylic acids is 1. The van der Waals surface area contributed by atoms with Crippen LogP contribution in [0.5, 0.6) is 11.5 Å². The summed E-state index contributed by atoms with van der Waals surface area (Å²) < 4.78 is 11.2. The van der Waals surface area contributed by atoms with Crippen LogP contribution in [-0.4, -0.2) is 36.7 Å². The van der Waals surface area contributed by atoms with Crippen molar-refractivity contribution >= 4 is 11.9 Å². The number of nitrogens with one attached hydrogen (secondary N) is 1. The lowest BCUT2D eigenvalue weighted by atomic mass is 9.84. The van der Waals surface area contributed by atoms with Crippen molar-refractivity contribution in [3.63, 3.8) is 0 Å². The zero-order chi connectivity index (χ0) is 18.7. The SMILES string of the molecule is CC(C)(CNC(=O)c1cccc(C(=O)O)c1)c1ccc2c(c1)OCCO2. The number of carboxylic acid groups (broad SMARTS) is 1. The van der Waals surface area contributed by atoms with Crippen molar-refractivity contribution in [2.75, 3.05) is 19.8 Å². The van der Waals surface area contributed by atoms with Crippen molar-refractivity contribution in [3.8, 4) is 11.5 Å². The van der Waals surface area contributed by atoms with Crippen LogP contribution in [0.25, 0.3) is 0 Å². The van der Waals surface area contributed by atoms with E-state index in [1.165, 1.54) is 12.1 Å². The third kappa shape index (κ3) is 3.79. The third-order valence-electron chi connectivity index (χ3n) is 4.39. The highest BCUT2D eigenvalue weighted by Crippen LogP contribution is 2.34. The van der Waals surface area contributed by atoms with Crippen LogP contribution in [0.1, 0.15) is 40.1 Å². The summed E-state index contributed by atoms with van der Waals surface area (Å²) in [7, 11) is 0. The maximum Gasteiger partial charge on any atom is 0.335 e. The van der Waals surface area contributed by atoms with Crippen molar-refractivity contribution < 1.29 is 24.2 Å². The molecule has 0 radical (unpaired) electrons. The van der Waals surface area contributed by atoms with Gasteiger partial charge in [-0.3, -0.25) is 4.79 Å². The molecule has 2 aromatic carbocycles. The summed E-state index contributed by atoms with van der Waals surface area (Å²) in [5.74, 6) is 0.0719. The topological polar surface area (TPSA) is 84.9 Å². The van der Waals surface area contributed by atoms with E-state index < -0.39 is 5.97 Å². The molecule has 2 aromatic rings. The van der Waals surface area contributed by atoms with Crippen LogP contribution in [0.2, 0.25) is 0 Å². The first-order valence-corrected chi connectivity index (χ1v) is 8.38. The van der Waals surface area contributed by atoms with Gasteiger partial charge in [-0.1, -0.05) is 26.0 Å². The molecule has 0 atom stereocenters. The molecule has 0 fully saturated rings. The average molecular weight is 355 g/mol. The zero-order valence-corrected chi connectivity index (χ0v) is 14.7. The molecular formula is C20H21NO5. The highest BCUT2D eigenvalue weighted by atomic mass is 16.6. The molecule has 6 nitrogen and oxygen atoms in total. The molecule has 136 valence electrons. The Morgan fingerprint density at radius 3 is 2.46 bits per heavy atom. The largest absolute Gasteiger partial charge is 0.486 e. The fourth-order valence-corrected chi connectivity index (χ4v) is 2.76. The third-order valence-corrected chi connectivity index (χ3v) is 4.39. The Morgan fingerprint density at radius 2 is 1.73 bits per heavy atom. The van der Waals surface area contributed by atoms with E-state index in [-0.39, 0.29) is 16.9 Å². The Labute approximate surface area is 151 Å². The molecule has 1 aliphatic heterocycles. The quantitative estimate of drug-likeness (QED) is 0.861. The van der Waals surface area contributed by atoms with Gasteiger partial charge in [0.15, 0.2) is 11.5 Å². The van der Waals surface area contributed by atoms with Gasteiger partial charge >= 0.3 is 5.97 Å². The van der Waals surface area contributed by atoms with Gasteiger partial charge in [-0.2, -0.15) is 0 Å². The maximum atomic E-state index is 12.4. The van der Waals surface area contributed by atoms with Crippen molar-refractivity contribution in [2.45, 2.75) is 19.3 Å². The zero-order valence-electron chi connectivity index (χ0n) is 14.7. The number of amides is 1. The number of ether oxygens (including phenoxy) is 2. The van der Waals surface area contributed by atoms with Gasteiger partial charge in [-0.05, 0) is 35.9 Å². The molecule has 2 N–H and O–H groups in total. The van der Waals surface area contributed by atoms with E-state index in [4.69, 9.17) is 14.6 Å². The van der Waals surface area contributed by atoms with E-state index in [0.29, 0.717) is 31.1 Å². The van der Waals surface area contributed by atoms with Crippen LogP contribution in [-0.2, 0) is 5.41 Å². The van der Waals surface area contributed by atoms with Crippen molar-refractivity contribution in [2.24, 2.45) is 0 Å². The van der Waals surface area contributed by atoms with Crippen LogP contribution >= 0.6 is 0 Å². The molecule has 1 amide bonds. The molecular weight excluding hydrogens is 334 g/mol. The first kappa shape index (κ1) is 17.8. The maximum absolute atomic E-state index is 12.4. The van der Waals surface area contributed by atoms with E-state index in [1.807, 2.05) is 32.0 Å². The molecule has 0 saturated carbocycles. The summed E-state index contributed by atoms with van der Waals surface area (Å²) in [4.78, 5) is 23.4. The Kier molecular flexibility index (Phi) is 4.84. The number of benzene rings is 2. The summed E-state index contributed by atoms with van der Waals surface area (Å²) in [6, 6.07) is 11.8. The molecule has 6 heteroatoms.